The van der Waals surface area contributed by atoms with E-state index < -0.39 is 36.0 Å². The lowest BCUT2D eigenvalue weighted by Gasteiger charge is -2.18. The summed E-state index contributed by atoms with van der Waals surface area (Å²) in [4.78, 5) is 25.7. The van der Waals surface area contributed by atoms with Crippen LogP contribution in [0.1, 0.15) is 17.3 Å². The second-order valence-electron chi connectivity index (χ2n) is 6.66. The molecule has 0 saturated carbocycles. The van der Waals surface area contributed by atoms with Gasteiger partial charge in [0.25, 0.3) is 11.5 Å². The van der Waals surface area contributed by atoms with Gasteiger partial charge in [0.1, 0.15) is 11.4 Å². The van der Waals surface area contributed by atoms with Crippen LogP contribution in [0.25, 0.3) is 16.9 Å². The van der Waals surface area contributed by atoms with Crippen LogP contribution in [0.5, 0.6) is 0 Å². The molecule has 156 valence electrons. The second-order valence-corrected chi connectivity index (χ2v) is 7.10. The molecule has 7 nitrogen and oxygen atoms in total. The van der Waals surface area contributed by atoms with Gasteiger partial charge in [-0.05, 0) is 43.3 Å². The number of benzene rings is 2. The van der Waals surface area contributed by atoms with Gasteiger partial charge in [-0.25, -0.2) is 4.39 Å². The summed E-state index contributed by atoms with van der Waals surface area (Å²) in [6, 6.07) is 12.4. The number of amides is 1. The maximum absolute atomic E-state index is 13.7. The Labute approximate surface area is 176 Å². The summed E-state index contributed by atoms with van der Waals surface area (Å²) in [7, 11) is 0. The Kier molecular flexibility index (Phi) is 6.61. The van der Waals surface area contributed by atoms with E-state index in [4.69, 9.17) is 16.7 Å². The first-order valence-corrected chi connectivity index (χ1v) is 9.44. The lowest BCUT2D eigenvalue weighted by atomic mass is 10.1. The lowest BCUT2D eigenvalue weighted by molar-refractivity contribution is 0.0610. The SMILES string of the molecule is C[C@@H](NC(=O)c1cc(-c2ccc(Cl)cc2)nn(-c2cccc(F)c2)c1=O)[C@H](O)CO. The van der Waals surface area contributed by atoms with Crippen LogP contribution in [-0.2, 0) is 0 Å². The molecule has 1 amide bonds. The molecule has 3 N–H and O–H groups in total. The average Bonchev–Trinajstić information content (AvgIpc) is 2.73. The van der Waals surface area contributed by atoms with Gasteiger partial charge in [0.2, 0.25) is 0 Å². The highest BCUT2D eigenvalue weighted by atomic mass is 35.5. The fourth-order valence-corrected chi connectivity index (χ4v) is 2.87. The molecule has 0 aliphatic heterocycles. The van der Waals surface area contributed by atoms with E-state index in [0.29, 0.717) is 10.6 Å². The highest BCUT2D eigenvalue weighted by Crippen LogP contribution is 2.20. The number of aliphatic hydroxyl groups is 2. The summed E-state index contributed by atoms with van der Waals surface area (Å²) in [6.45, 7) is 0.937. The molecule has 0 unspecified atom stereocenters. The fourth-order valence-electron chi connectivity index (χ4n) is 2.74. The summed E-state index contributed by atoms with van der Waals surface area (Å²) in [6.07, 6.45) is -1.20. The van der Waals surface area contributed by atoms with Crippen molar-refractivity contribution in [3.63, 3.8) is 0 Å². The molecule has 0 bridgehead atoms. The summed E-state index contributed by atoms with van der Waals surface area (Å²) >= 11 is 5.93. The topological polar surface area (TPSA) is 104 Å². The first-order chi connectivity index (χ1) is 14.3. The van der Waals surface area contributed by atoms with Crippen LogP contribution in [0.4, 0.5) is 4.39 Å². The highest BCUT2D eigenvalue weighted by molar-refractivity contribution is 6.30. The Morgan fingerprint density at radius 2 is 1.93 bits per heavy atom. The number of carbonyl (C=O) groups is 1. The summed E-state index contributed by atoms with van der Waals surface area (Å²) in [5.74, 6) is -1.33. The minimum atomic E-state index is -1.20. The molecule has 0 saturated heterocycles. The Balaban J connectivity index is 2.14. The van der Waals surface area contributed by atoms with Gasteiger partial charge in [-0.2, -0.15) is 9.78 Å². The lowest BCUT2D eigenvalue weighted by Crippen LogP contribution is -2.44. The van der Waals surface area contributed by atoms with Gasteiger partial charge in [0, 0.05) is 10.6 Å². The molecule has 0 spiro atoms. The van der Waals surface area contributed by atoms with E-state index in [1.165, 1.54) is 31.2 Å². The van der Waals surface area contributed by atoms with Crippen molar-refractivity contribution in [3.8, 4) is 16.9 Å². The second kappa shape index (κ2) is 9.17. The van der Waals surface area contributed by atoms with Gasteiger partial charge in [-0.1, -0.05) is 29.8 Å². The Morgan fingerprint density at radius 3 is 2.57 bits per heavy atom. The van der Waals surface area contributed by atoms with Crippen molar-refractivity contribution in [2.45, 2.75) is 19.1 Å². The first-order valence-electron chi connectivity index (χ1n) is 9.06. The Bertz CT molecular complexity index is 1120. The van der Waals surface area contributed by atoms with Crippen LogP contribution in [-0.4, -0.2) is 44.7 Å². The van der Waals surface area contributed by atoms with Crippen molar-refractivity contribution in [1.82, 2.24) is 15.1 Å². The molecule has 3 aromatic rings. The first kappa shape index (κ1) is 21.6. The minimum absolute atomic E-state index is 0.147. The zero-order valence-corrected chi connectivity index (χ0v) is 16.7. The van der Waals surface area contributed by atoms with Crippen LogP contribution in [0.15, 0.2) is 59.4 Å². The molecule has 3 rings (SSSR count). The summed E-state index contributed by atoms with van der Waals surface area (Å²) in [5.41, 5.74) is 0.00379. The zero-order valence-electron chi connectivity index (χ0n) is 15.9. The van der Waals surface area contributed by atoms with Gasteiger partial charge in [0.05, 0.1) is 30.1 Å². The van der Waals surface area contributed by atoms with Gasteiger partial charge in [0.15, 0.2) is 0 Å². The van der Waals surface area contributed by atoms with E-state index in [1.54, 1.807) is 24.3 Å². The van der Waals surface area contributed by atoms with Gasteiger partial charge in [-0.15, -0.1) is 0 Å². The Hall–Kier alpha value is -3.07. The fraction of sp³-hybridized carbons (Fsp3) is 0.190. The van der Waals surface area contributed by atoms with Crippen molar-refractivity contribution in [2.75, 3.05) is 6.61 Å². The number of aromatic nitrogens is 2. The number of nitrogens with zero attached hydrogens (tertiary/aromatic N) is 2. The smallest absolute Gasteiger partial charge is 0.284 e. The monoisotopic (exact) mass is 431 g/mol. The highest BCUT2D eigenvalue weighted by Gasteiger charge is 2.21. The average molecular weight is 432 g/mol. The number of halogens is 2. The molecule has 2 atom stereocenters. The van der Waals surface area contributed by atoms with E-state index in [0.717, 1.165) is 10.7 Å². The van der Waals surface area contributed by atoms with E-state index >= 15 is 0 Å². The Morgan fingerprint density at radius 1 is 1.23 bits per heavy atom. The third kappa shape index (κ3) is 4.73. The molecular formula is C21H19ClFN3O4. The number of hydrogen-bond donors (Lipinski definition) is 3. The predicted octanol–water partition coefficient (Wildman–Crippen LogP) is 2.16. The maximum Gasteiger partial charge on any atom is 0.284 e. The van der Waals surface area contributed by atoms with Crippen molar-refractivity contribution >= 4 is 17.5 Å². The van der Waals surface area contributed by atoms with E-state index in [9.17, 15) is 19.1 Å². The normalized spacial score (nSPS) is 13.0. The molecule has 9 heteroatoms. The largest absolute Gasteiger partial charge is 0.394 e. The van der Waals surface area contributed by atoms with Gasteiger partial charge in [-0.3, -0.25) is 9.59 Å². The van der Waals surface area contributed by atoms with Crippen molar-refractivity contribution in [3.05, 3.63) is 81.4 Å². The zero-order chi connectivity index (χ0) is 21.8. The summed E-state index contributed by atoms with van der Waals surface area (Å²) in [5, 5.41) is 26.0. The number of rotatable bonds is 6. The molecular weight excluding hydrogens is 413 g/mol. The maximum atomic E-state index is 13.7. The van der Waals surface area contributed by atoms with Crippen molar-refractivity contribution < 1.29 is 19.4 Å². The third-order valence-electron chi connectivity index (χ3n) is 4.47. The van der Waals surface area contributed by atoms with Crippen LogP contribution in [0.2, 0.25) is 5.02 Å². The quantitative estimate of drug-likeness (QED) is 0.555. The molecule has 0 radical (unpaired) electrons. The van der Waals surface area contributed by atoms with E-state index in [-0.39, 0.29) is 16.9 Å². The standard InChI is InChI=1S/C21H19ClFN3O4/c1-12(19(28)11-27)24-20(29)17-10-18(13-5-7-14(22)8-6-13)25-26(21(17)30)16-4-2-3-15(23)9-16/h2-10,12,19,27-28H,11H2,1H3,(H,24,29)/t12-,19-/m1/s1. The van der Waals surface area contributed by atoms with E-state index in [1.807, 2.05) is 0 Å². The molecule has 2 aromatic carbocycles. The molecule has 1 aromatic heterocycles. The summed E-state index contributed by atoms with van der Waals surface area (Å²) < 4.78 is 14.7. The third-order valence-corrected chi connectivity index (χ3v) is 4.72. The number of carbonyl (C=O) groups excluding carboxylic acids is 1. The number of hydrogen-bond acceptors (Lipinski definition) is 5. The molecule has 0 fully saturated rings. The van der Waals surface area contributed by atoms with E-state index in [2.05, 4.69) is 10.4 Å². The molecule has 1 heterocycles. The predicted molar refractivity (Wildman–Crippen MR) is 110 cm³/mol. The van der Waals surface area contributed by atoms with Crippen molar-refractivity contribution in [1.29, 1.82) is 0 Å². The van der Waals surface area contributed by atoms with Crippen LogP contribution < -0.4 is 10.9 Å². The van der Waals surface area contributed by atoms with Gasteiger partial charge < -0.3 is 15.5 Å². The van der Waals surface area contributed by atoms with Crippen LogP contribution in [0, 0.1) is 5.82 Å². The van der Waals surface area contributed by atoms with Crippen LogP contribution in [0.3, 0.4) is 0 Å². The number of aliphatic hydroxyl groups excluding tert-OH is 2. The molecule has 0 aliphatic carbocycles. The molecule has 0 aliphatic rings. The minimum Gasteiger partial charge on any atom is -0.394 e. The van der Waals surface area contributed by atoms with Crippen molar-refractivity contribution in [2.24, 2.45) is 0 Å². The van der Waals surface area contributed by atoms with Crippen LogP contribution >= 0.6 is 11.6 Å². The number of nitrogens with one attached hydrogen (secondary N) is 1. The van der Waals surface area contributed by atoms with Gasteiger partial charge >= 0.3 is 0 Å². The molecule has 30 heavy (non-hydrogen) atoms.